The average Bonchev–Trinajstić information content (AvgIpc) is 2.32. The van der Waals surface area contributed by atoms with Gasteiger partial charge in [0.05, 0.1) is 5.84 Å². The van der Waals surface area contributed by atoms with Crippen LogP contribution in [0.25, 0.3) is 0 Å². The van der Waals surface area contributed by atoms with Crippen molar-refractivity contribution in [3.05, 3.63) is 34.1 Å². The van der Waals surface area contributed by atoms with Crippen molar-refractivity contribution in [2.75, 3.05) is 13.1 Å². The standard InChI is InChI=1S/C13H19BrFN3/c1-3-18(7-9(2)13(16)17)8-10-6-11(14)4-5-12(10)15/h4-6,9H,3,7-8H2,1-2H3,(H3,16,17). The van der Waals surface area contributed by atoms with Gasteiger partial charge in [0.25, 0.3) is 0 Å². The van der Waals surface area contributed by atoms with Crippen LogP contribution in [0.3, 0.4) is 0 Å². The fourth-order valence-electron chi connectivity index (χ4n) is 1.70. The number of hydrogen-bond donors (Lipinski definition) is 2. The van der Waals surface area contributed by atoms with Gasteiger partial charge in [-0.2, -0.15) is 0 Å². The van der Waals surface area contributed by atoms with E-state index in [0.29, 0.717) is 18.7 Å². The van der Waals surface area contributed by atoms with E-state index in [-0.39, 0.29) is 17.6 Å². The van der Waals surface area contributed by atoms with Gasteiger partial charge in [0.15, 0.2) is 0 Å². The Labute approximate surface area is 116 Å². The summed E-state index contributed by atoms with van der Waals surface area (Å²) >= 11 is 3.34. The summed E-state index contributed by atoms with van der Waals surface area (Å²) in [4.78, 5) is 2.08. The van der Waals surface area contributed by atoms with Gasteiger partial charge in [0.1, 0.15) is 5.82 Å². The van der Waals surface area contributed by atoms with Gasteiger partial charge in [-0.25, -0.2) is 4.39 Å². The molecule has 0 aliphatic carbocycles. The number of hydrogen-bond acceptors (Lipinski definition) is 2. The van der Waals surface area contributed by atoms with E-state index in [1.807, 2.05) is 13.8 Å². The van der Waals surface area contributed by atoms with Gasteiger partial charge in [0.2, 0.25) is 0 Å². The maximum absolute atomic E-state index is 13.6. The Morgan fingerprint density at radius 1 is 1.56 bits per heavy atom. The molecule has 1 aromatic rings. The quantitative estimate of drug-likeness (QED) is 0.626. The SMILES string of the molecule is CCN(Cc1cc(Br)ccc1F)CC(C)C(=N)N. The zero-order valence-corrected chi connectivity index (χ0v) is 12.3. The number of rotatable bonds is 6. The molecule has 0 saturated heterocycles. The molecule has 0 spiro atoms. The molecule has 3 N–H and O–H groups in total. The Morgan fingerprint density at radius 2 is 2.22 bits per heavy atom. The zero-order chi connectivity index (χ0) is 13.7. The minimum Gasteiger partial charge on any atom is -0.387 e. The van der Waals surface area contributed by atoms with E-state index >= 15 is 0 Å². The molecule has 0 aromatic heterocycles. The maximum Gasteiger partial charge on any atom is 0.127 e. The first-order valence-corrected chi connectivity index (χ1v) is 6.73. The van der Waals surface area contributed by atoms with Crippen LogP contribution < -0.4 is 5.73 Å². The summed E-state index contributed by atoms with van der Waals surface area (Å²) in [7, 11) is 0. The summed E-state index contributed by atoms with van der Waals surface area (Å²) in [6, 6.07) is 4.94. The summed E-state index contributed by atoms with van der Waals surface area (Å²) < 4.78 is 14.5. The lowest BCUT2D eigenvalue weighted by atomic mass is 10.1. The lowest BCUT2D eigenvalue weighted by molar-refractivity contribution is 0.259. The fourth-order valence-corrected chi connectivity index (χ4v) is 2.10. The number of halogens is 2. The van der Waals surface area contributed by atoms with Crippen molar-refractivity contribution in [3.63, 3.8) is 0 Å². The Bertz CT molecular complexity index is 423. The van der Waals surface area contributed by atoms with Crippen molar-refractivity contribution in [1.82, 2.24) is 4.90 Å². The van der Waals surface area contributed by atoms with Crippen molar-refractivity contribution in [1.29, 1.82) is 5.41 Å². The highest BCUT2D eigenvalue weighted by molar-refractivity contribution is 9.10. The normalized spacial score (nSPS) is 12.7. The highest BCUT2D eigenvalue weighted by Crippen LogP contribution is 2.17. The first-order valence-electron chi connectivity index (χ1n) is 5.94. The zero-order valence-electron chi connectivity index (χ0n) is 10.7. The molecule has 0 radical (unpaired) electrons. The molecular formula is C13H19BrFN3. The number of nitrogens with one attached hydrogen (secondary N) is 1. The molecule has 0 fully saturated rings. The Balaban J connectivity index is 2.73. The van der Waals surface area contributed by atoms with E-state index < -0.39 is 0 Å². The maximum atomic E-state index is 13.6. The van der Waals surface area contributed by atoms with Gasteiger partial charge in [-0.15, -0.1) is 0 Å². The van der Waals surface area contributed by atoms with Gasteiger partial charge < -0.3 is 5.73 Å². The number of nitrogens with two attached hydrogens (primary N) is 1. The van der Waals surface area contributed by atoms with Crippen molar-refractivity contribution in [2.24, 2.45) is 11.7 Å². The molecule has 1 atom stereocenters. The first kappa shape index (κ1) is 15.1. The minimum absolute atomic E-state index is 0.0137. The highest BCUT2D eigenvalue weighted by atomic mass is 79.9. The lowest BCUT2D eigenvalue weighted by Gasteiger charge is -2.24. The predicted octanol–water partition coefficient (Wildman–Crippen LogP) is 2.98. The second-order valence-electron chi connectivity index (χ2n) is 4.42. The molecule has 5 heteroatoms. The van der Waals surface area contributed by atoms with Crippen LogP contribution >= 0.6 is 15.9 Å². The average molecular weight is 316 g/mol. The van der Waals surface area contributed by atoms with Crippen molar-refractivity contribution in [2.45, 2.75) is 20.4 Å². The minimum atomic E-state index is -0.202. The molecule has 1 aromatic carbocycles. The predicted molar refractivity (Wildman–Crippen MR) is 76.1 cm³/mol. The van der Waals surface area contributed by atoms with Crippen LogP contribution in [-0.2, 0) is 6.54 Å². The van der Waals surface area contributed by atoms with E-state index in [9.17, 15) is 4.39 Å². The third-order valence-corrected chi connectivity index (χ3v) is 3.41. The Hall–Kier alpha value is -0.940. The lowest BCUT2D eigenvalue weighted by Crippen LogP contribution is -2.34. The second-order valence-corrected chi connectivity index (χ2v) is 5.34. The van der Waals surface area contributed by atoms with Crippen molar-refractivity contribution in [3.8, 4) is 0 Å². The fraction of sp³-hybridized carbons (Fsp3) is 0.462. The molecule has 100 valence electrons. The van der Waals surface area contributed by atoms with Crippen molar-refractivity contribution < 1.29 is 4.39 Å². The van der Waals surface area contributed by atoms with E-state index in [1.165, 1.54) is 6.07 Å². The molecular weight excluding hydrogens is 297 g/mol. The van der Waals surface area contributed by atoms with E-state index in [4.69, 9.17) is 11.1 Å². The van der Waals surface area contributed by atoms with Gasteiger partial charge >= 0.3 is 0 Å². The largest absolute Gasteiger partial charge is 0.387 e. The Morgan fingerprint density at radius 3 is 2.78 bits per heavy atom. The van der Waals surface area contributed by atoms with Crippen LogP contribution in [0, 0.1) is 17.1 Å². The summed E-state index contributed by atoms with van der Waals surface area (Å²) in [6.45, 7) is 5.91. The molecule has 3 nitrogen and oxygen atoms in total. The Kier molecular flexibility index (Phi) is 5.75. The van der Waals surface area contributed by atoms with E-state index in [1.54, 1.807) is 12.1 Å². The van der Waals surface area contributed by atoms with Crippen LogP contribution in [0.1, 0.15) is 19.4 Å². The second kappa shape index (κ2) is 6.85. The molecule has 0 aliphatic heterocycles. The number of amidine groups is 1. The van der Waals surface area contributed by atoms with Gasteiger partial charge in [-0.3, -0.25) is 10.3 Å². The van der Waals surface area contributed by atoms with E-state index in [2.05, 4.69) is 20.8 Å². The van der Waals surface area contributed by atoms with E-state index in [0.717, 1.165) is 11.0 Å². The third kappa shape index (κ3) is 4.38. The topological polar surface area (TPSA) is 53.1 Å². The molecule has 1 rings (SSSR count). The first-order chi connectivity index (χ1) is 8.43. The summed E-state index contributed by atoms with van der Waals surface area (Å²) in [5, 5.41) is 7.39. The van der Waals surface area contributed by atoms with Crippen LogP contribution in [0.5, 0.6) is 0 Å². The molecule has 0 saturated carbocycles. The molecule has 0 amide bonds. The summed E-state index contributed by atoms with van der Waals surface area (Å²) in [6.07, 6.45) is 0. The molecule has 0 aliphatic rings. The monoisotopic (exact) mass is 315 g/mol. The van der Waals surface area contributed by atoms with Crippen molar-refractivity contribution >= 4 is 21.8 Å². The smallest absolute Gasteiger partial charge is 0.127 e. The molecule has 18 heavy (non-hydrogen) atoms. The summed E-state index contributed by atoms with van der Waals surface area (Å²) in [5.74, 6) is -0.0459. The molecule has 1 unspecified atom stereocenters. The number of nitrogens with zero attached hydrogens (tertiary/aromatic N) is 1. The molecule has 0 bridgehead atoms. The van der Waals surface area contributed by atoms with Crippen LogP contribution in [-0.4, -0.2) is 23.8 Å². The third-order valence-electron chi connectivity index (χ3n) is 2.91. The van der Waals surface area contributed by atoms with Crippen LogP contribution in [0.2, 0.25) is 0 Å². The van der Waals surface area contributed by atoms with Crippen LogP contribution in [0.15, 0.2) is 22.7 Å². The van der Waals surface area contributed by atoms with Gasteiger partial charge in [-0.1, -0.05) is 29.8 Å². The highest BCUT2D eigenvalue weighted by Gasteiger charge is 2.13. The molecule has 0 heterocycles. The number of benzene rings is 1. The van der Waals surface area contributed by atoms with Gasteiger partial charge in [-0.05, 0) is 24.7 Å². The van der Waals surface area contributed by atoms with Gasteiger partial charge in [0, 0.05) is 29.0 Å². The summed E-state index contributed by atoms with van der Waals surface area (Å²) in [5.41, 5.74) is 6.12. The van der Waals surface area contributed by atoms with Crippen LogP contribution in [0.4, 0.5) is 4.39 Å².